The minimum Gasteiger partial charge on any atom is -0.384 e. The fraction of sp³-hybridized carbons (Fsp3) is 0.353. The number of nitrogens with zero attached hydrogens (tertiary/aromatic N) is 2. The Balaban J connectivity index is 2.22. The highest BCUT2D eigenvalue weighted by atomic mass is 19.1. The van der Waals surface area contributed by atoms with Crippen LogP contribution >= 0.6 is 0 Å². The van der Waals surface area contributed by atoms with Gasteiger partial charge < -0.3 is 10.5 Å². The van der Waals surface area contributed by atoms with Crippen LogP contribution in [-0.4, -0.2) is 47.5 Å². The van der Waals surface area contributed by atoms with Crippen LogP contribution in [0.15, 0.2) is 33.9 Å². The molecule has 1 aromatic heterocycles. The van der Waals surface area contributed by atoms with Gasteiger partial charge in [-0.25, -0.2) is 9.18 Å². The van der Waals surface area contributed by atoms with Crippen molar-refractivity contribution in [3.05, 3.63) is 62.0 Å². The first-order valence-electron chi connectivity index (χ1n) is 7.91. The van der Waals surface area contributed by atoms with Gasteiger partial charge in [-0.15, -0.1) is 0 Å². The standard InChI is InChI=1S/C17H21FN4O4/c1-21(9-11-5-3-4-6-12(11)18)10-13(23)14-15(19)22(7-8-26-2)17(25)20-16(14)24/h3-6H,7-10,19H2,1-2H3,(H,20,24,25). The summed E-state index contributed by atoms with van der Waals surface area (Å²) >= 11 is 0. The fourth-order valence-electron chi connectivity index (χ4n) is 2.56. The Morgan fingerprint density at radius 1 is 1.35 bits per heavy atom. The Morgan fingerprint density at radius 3 is 2.69 bits per heavy atom. The number of nitrogens with one attached hydrogen (secondary N) is 1. The Morgan fingerprint density at radius 2 is 2.04 bits per heavy atom. The number of ether oxygens (including phenoxy) is 1. The maximum atomic E-state index is 13.7. The lowest BCUT2D eigenvalue weighted by Gasteiger charge is -2.17. The highest BCUT2D eigenvalue weighted by Crippen LogP contribution is 2.10. The maximum Gasteiger partial charge on any atom is 0.330 e. The molecule has 0 aliphatic rings. The summed E-state index contributed by atoms with van der Waals surface area (Å²) in [5, 5.41) is 0. The average Bonchev–Trinajstić information content (AvgIpc) is 2.56. The number of nitrogen functional groups attached to an aromatic ring is 1. The number of methoxy groups -OCH3 is 1. The maximum absolute atomic E-state index is 13.7. The van der Waals surface area contributed by atoms with E-state index in [-0.39, 0.29) is 43.4 Å². The second-order valence-corrected chi connectivity index (χ2v) is 5.85. The van der Waals surface area contributed by atoms with Crippen molar-refractivity contribution >= 4 is 11.6 Å². The van der Waals surface area contributed by atoms with Crippen LogP contribution < -0.4 is 17.0 Å². The fourth-order valence-corrected chi connectivity index (χ4v) is 2.56. The Hall–Kier alpha value is -2.78. The summed E-state index contributed by atoms with van der Waals surface area (Å²) in [7, 11) is 3.08. The molecule has 0 bridgehead atoms. The summed E-state index contributed by atoms with van der Waals surface area (Å²) in [6.07, 6.45) is 0. The van der Waals surface area contributed by atoms with Gasteiger partial charge in [0.2, 0.25) is 0 Å². The lowest BCUT2D eigenvalue weighted by Crippen LogP contribution is -2.39. The average molecular weight is 364 g/mol. The van der Waals surface area contributed by atoms with Gasteiger partial charge >= 0.3 is 5.69 Å². The van der Waals surface area contributed by atoms with E-state index in [1.807, 2.05) is 0 Å². The van der Waals surface area contributed by atoms with Crippen LogP contribution in [-0.2, 0) is 17.8 Å². The van der Waals surface area contributed by atoms with Crippen molar-refractivity contribution in [1.82, 2.24) is 14.5 Å². The van der Waals surface area contributed by atoms with Crippen LogP contribution in [0.3, 0.4) is 0 Å². The molecular weight excluding hydrogens is 343 g/mol. The molecule has 0 atom stereocenters. The zero-order valence-electron chi connectivity index (χ0n) is 14.6. The number of rotatable bonds is 8. The second-order valence-electron chi connectivity index (χ2n) is 5.85. The predicted molar refractivity (Wildman–Crippen MR) is 94.7 cm³/mol. The van der Waals surface area contributed by atoms with Crippen LogP contribution in [0.1, 0.15) is 15.9 Å². The highest BCUT2D eigenvalue weighted by Gasteiger charge is 2.20. The molecule has 2 rings (SSSR count). The van der Waals surface area contributed by atoms with Gasteiger partial charge in [0, 0.05) is 19.2 Å². The second kappa shape index (κ2) is 8.54. The summed E-state index contributed by atoms with van der Waals surface area (Å²) in [5.74, 6) is -1.15. The van der Waals surface area contributed by atoms with Crippen LogP contribution in [0, 0.1) is 5.82 Å². The monoisotopic (exact) mass is 364 g/mol. The van der Waals surface area contributed by atoms with Crippen LogP contribution in [0.5, 0.6) is 0 Å². The predicted octanol–water partition coefficient (Wildman–Crippen LogP) is 0.219. The van der Waals surface area contributed by atoms with Crippen molar-refractivity contribution in [3.8, 4) is 0 Å². The van der Waals surface area contributed by atoms with E-state index in [0.29, 0.717) is 5.56 Å². The number of ketones is 1. The first kappa shape index (κ1) is 19.5. The third-order valence-corrected chi connectivity index (χ3v) is 3.85. The molecule has 0 unspecified atom stereocenters. The summed E-state index contributed by atoms with van der Waals surface area (Å²) < 4.78 is 19.7. The quantitative estimate of drug-likeness (QED) is 0.649. The van der Waals surface area contributed by atoms with E-state index in [1.54, 1.807) is 30.1 Å². The van der Waals surface area contributed by atoms with E-state index in [0.717, 1.165) is 4.57 Å². The number of aromatic amines is 1. The number of hydrogen-bond acceptors (Lipinski definition) is 6. The molecule has 1 aromatic carbocycles. The molecule has 0 saturated heterocycles. The van der Waals surface area contributed by atoms with Gasteiger partial charge in [0.25, 0.3) is 5.56 Å². The molecule has 140 valence electrons. The third-order valence-electron chi connectivity index (χ3n) is 3.85. The summed E-state index contributed by atoms with van der Waals surface area (Å²) in [4.78, 5) is 40.1. The van der Waals surface area contributed by atoms with E-state index in [1.165, 1.54) is 13.2 Å². The molecule has 1 heterocycles. The number of benzene rings is 1. The molecule has 0 aliphatic carbocycles. The first-order valence-corrected chi connectivity index (χ1v) is 7.91. The number of nitrogens with two attached hydrogens (primary N) is 1. The van der Waals surface area contributed by atoms with E-state index in [2.05, 4.69) is 4.98 Å². The highest BCUT2D eigenvalue weighted by molar-refractivity contribution is 6.01. The van der Waals surface area contributed by atoms with Crippen LogP contribution in [0.4, 0.5) is 10.2 Å². The lowest BCUT2D eigenvalue weighted by molar-refractivity contribution is 0.0940. The molecule has 2 aromatic rings. The molecule has 0 aliphatic heterocycles. The molecule has 3 N–H and O–H groups in total. The molecule has 0 fully saturated rings. The number of H-pyrrole nitrogens is 1. The van der Waals surface area contributed by atoms with Gasteiger partial charge in [-0.1, -0.05) is 18.2 Å². The summed E-state index contributed by atoms with van der Waals surface area (Å²) in [6.45, 7) is 0.309. The smallest absolute Gasteiger partial charge is 0.330 e. The minimum absolute atomic E-state index is 0.100. The van der Waals surface area contributed by atoms with Gasteiger partial charge in [0.05, 0.1) is 19.7 Å². The molecular formula is C17H21FN4O4. The molecule has 8 nitrogen and oxygen atoms in total. The molecule has 0 amide bonds. The largest absolute Gasteiger partial charge is 0.384 e. The van der Waals surface area contributed by atoms with Crippen molar-refractivity contribution in [2.75, 3.05) is 33.0 Å². The number of halogens is 1. The van der Waals surface area contributed by atoms with Crippen molar-refractivity contribution in [3.63, 3.8) is 0 Å². The number of aromatic nitrogens is 2. The number of hydrogen-bond donors (Lipinski definition) is 2. The minimum atomic E-state index is -0.842. The SMILES string of the molecule is COCCn1c(N)c(C(=O)CN(C)Cc2ccccc2F)c(=O)[nH]c1=O. The van der Waals surface area contributed by atoms with Crippen molar-refractivity contribution in [1.29, 1.82) is 0 Å². The summed E-state index contributed by atoms with van der Waals surface area (Å²) in [6, 6.07) is 6.22. The number of anilines is 1. The number of Topliss-reactive ketones (excluding diaryl/α,β-unsaturated/α-hetero) is 1. The number of carbonyl (C=O) groups excluding carboxylic acids is 1. The van der Waals surface area contributed by atoms with Gasteiger partial charge in [0.1, 0.15) is 17.2 Å². The molecule has 0 radical (unpaired) electrons. The first-order chi connectivity index (χ1) is 12.3. The van der Waals surface area contributed by atoms with Gasteiger partial charge in [-0.3, -0.25) is 24.0 Å². The lowest BCUT2D eigenvalue weighted by atomic mass is 10.1. The summed E-state index contributed by atoms with van der Waals surface area (Å²) in [5.41, 5.74) is 4.45. The van der Waals surface area contributed by atoms with Crippen molar-refractivity contribution in [2.24, 2.45) is 0 Å². The Bertz CT molecular complexity index is 906. The van der Waals surface area contributed by atoms with Gasteiger partial charge in [-0.2, -0.15) is 0 Å². The van der Waals surface area contributed by atoms with E-state index in [4.69, 9.17) is 10.5 Å². The van der Waals surface area contributed by atoms with E-state index in [9.17, 15) is 18.8 Å². The van der Waals surface area contributed by atoms with Crippen molar-refractivity contribution in [2.45, 2.75) is 13.1 Å². The molecule has 9 heteroatoms. The van der Waals surface area contributed by atoms with Gasteiger partial charge in [-0.05, 0) is 13.1 Å². The topological polar surface area (TPSA) is 110 Å². The third kappa shape index (κ3) is 4.44. The molecule has 26 heavy (non-hydrogen) atoms. The number of likely N-dealkylation sites (N-methyl/N-ethyl adjacent to an activating group) is 1. The van der Waals surface area contributed by atoms with E-state index >= 15 is 0 Å². The van der Waals surface area contributed by atoms with Crippen LogP contribution in [0.2, 0.25) is 0 Å². The Labute approximate surface area is 149 Å². The molecule has 0 spiro atoms. The molecule has 0 saturated carbocycles. The normalized spacial score (nSPS) is 11.1. The zero-order valence-corrected chi connectivity index (χ0v) is 14.6. The zero-order chi connectivity index (χ0) is 19.3. The van der Waals surface area contributed by atoms with Crippen molar-refractivity contribution < 1.29 is 13.9 Å². The van der Waals surface area contributed by atoms with E-state index < -0.39 is 17.0 Å². The number of carbonyl (C=O) groups is 1. The van der Waals surface area contributed by atoms with Crippen LogP contribution in [0.25, 0.3) is 0 Å². The van der Waals surface area contributed by atoms with Gasteiger partial charge in [0.15, 0.2) is 5.78 Å². The Kier molecular flexibility index (Phi) is 6.42.